The lowest BCUT2D eigenvalue weighted by molar-refractivity contribution is -0.0744. The van der Waals surface area contributed by atoms with Gasteiger partial charge in [-0.25, -0.2) is 0 Å². The van der Waals surface area contributed by atoms with E-state index in [-0.39, 0.29) is 5.60 Å². The first-order valence-corrected chi connectivity index (χ1v) is 4.32. The van der Waals surface area contributed by atoms with Crippen LogP contribution in [0.15, 0.2) is 0 Å². The van der Waals surface area contributed by atoms with Crippen LogP contribution in [-0.2, 0) is 0 Å². The molecule has 0 spiro atoms. The van der Waals surface area contributed by atoms with Gasteiger partial charge in [0.25, 0.3) is 0 Å². The van der Waals surface area contributed by atoms with Crippen LogP contribution in [0.5, 0.6) is 0 Å². The molecule has 0 aromatic rings. The van der Waals surface area contributed by atoms with Gasteiger partial charge in [-0.2, -0.15) is 0 Å². The molecule has 0 atom stereocenters. The third-order valence-corrected chi connectivity index (χ3v) is 2.42. The Hall–Kier alpha value is -0.480. The van der Waals surface area contributed by atoms with E-state index in [2.05, 4.69) is 12.8 Å². The van der Waals surface area contributed by atoms with Crippen LogP contribution in [0.25, 0.3) is 0 Å². The molecule has 1 saturated carbocycles. The van der Waals surface area contributed by atoms with Crippen molar-refractivity contribution in [2.24, 2.45) is 5.92 Å². The van der Waals surface area contributed by atoms with Crippen LogP contribution >= 0.6 is 0 Å². The maximum atomic E-state index is 9.74. The predicted octanol–water partition coefficient (Wildman–Crippen LogP) is 1.95. The number of terminal acetylenes is 1. The number of rotatable bonds is 3. The molecule has 62 valence electrons. The van der Waals surface area contributed by atoms with Crippen LogP contribution in [0.2, 0.25) is 0 Å². The molecular formula is C10H16O. The summed E-state index contributed by atoms with van der Waals surface area (Å²) in [5.74, 6) is 3.30. The molecule has 0 heterocycles. The Kier molecular flexibility index (Phi) is 2.57. The summed E-state index contributed by atoms with van der Waals surface area (Å²) in [5, 5.41) is 9.74. The van der Waals surface area contributed by atoms with Gasteiger partial charge in [0.05, 0.1) is 5.60 Å². The van der Waals surface area contributed by atoms with Gasteiger partial charge < -0.3 is 5.11 Å². The van der Waals surface area contributed by atoms with Crippen molar-refractivity contribution in [2.75, 3.05) is 0 Å². The summed E-state index contributed by atoms with van der Waals surface area (Å²) in [4.78, 5) is 0. The molecular weight excluding hydrogens is 136 g/mol. The summed E-state index contributed by atoms with van der Waals surface area (Å²) in [6, 6.07) is 0. The highest BCUT2D eigenvalue weighted by atomic mass is 16.3. The minimum atomic E-state index is -0.351. The number of aliphatic hydroxyl groups is 1. The van der Waals surface area contributed by atoms with Gasteiger partial charge in [0.2, 0.25) is 0 Å². The second-order valence-corrected chi connectivity index (χ2v) is 3.80. The standard InChI is InChI=1S/C10H16O/c1-3-4-5-6-10(11)7-9(2)8-10/h1,9,11H,4-8H2,2H3. The van der Waals surface area contributed by atoms with Crippen molar-refractivity contribution >= 4 is 0 Å². The summed E-state index contributed by atoms with van der Waals surface area (Å²) in [6.45, 7) is 2.18. The normalized spacial score (nSPS) is 35.9. The molecule has 0 aromatic carbocycles. The topological polar surface area (TPSA) is 20.2 Å². The lowest BCUT2D eigenvalue weighted by Gasteiger charge is -2.42. The average Bonchev–Trinajstić information content (AvgIpc) is 1.85. The third kappa shape index (κ3) is 2.24. The van der Waals surface area contributed by atoms with E-state index >= 15 is 0 Å². The second-order valence-electron chi connectivity index (χ2n) is 3.80. The van der Waals surface area contributed by atoms with Crippen LogP contribution in [0, 0.1) is 18.3 Å². The quantitative estimate of drug-likeness (QED) is 0.484. The van der Waals surface area contributed by atoms with E-state index < -0.39 is 0 Å². The zero-order chi connectivity index (χ0) is 8.32. The molecule has 1 aliphatic carbocycles. The van der Waals surface area contributed by atoms with Gasteiger partial charge in [0.15, 0.2) is 0 Å². The zero-order valence-electron chi connectivity index (χ0n) is 7.14. The van der Waals surface area contributed by atoms with Crippen molar-refractivity contribution in [3.8, 4) is 12.3 Å². The summed E-state index contributed by atoms with van der Waals surface area (Å²) in [5.41, 5.74) is -0.351. The molecule has 1 nitrogen and oxygen atoms in total. The van der Waals surface area contributed by atoms with Crippen molar-refractivity contribution in [2.45, 2.75) is 44.6 Å². The Morgan fingerprint density at radius 3 is 2.73 bits per heavy atom. The minimum Gasteiger partial charge on any atom is -0.390 e. The summed E-state index contributed by atoms with van der Waals surface area (Å²) >= 11 is 0. The number of hydrogen-bond donors (Lipinski definition) is 1. The van der Waals surface area contributed by atoms with Crippen molar-refractivity contribution in [3.05, 3.63) is 0 Å². The molecule has 1 fully saturated rings. The first-order chi connectivity index (χ1) is 5.16. The van der Waals surface area contributed by atoms with Gasteiger partial charge in [-0.1, -0.05) is 6.92 Å². The minimum absolute atomic E-state index is 0.351. The van der Waals surface area contributed by atoms with Crippen LogP contribution in [0.3, 0.4) is 0 Å². The highest BCUT2D eigenvalue weighted by Gasteiger charge is 2.38. The predicted molar refractivity (Wildman–Crippen MR) is 46.0 cm³/mol. The Balaban J connectivity index is 2.12. The van der Waals surface area contributed by atoms with Crippen LogP contribution < -0.4 is 0 Å². The maximum Gasteiger partial charge on any atom is 0.0653 e. The highest BCUT2D eigenvalue weighted by molar-refractivity contribution is 4.93. The first-order valence-electron chi connectivity index (χ1n) is 4.32. The molecule has 1 N–H and O–H groups in total. The fourth-order valence-electron chi connectivity index (χ4n) is 1.96. The average molecular weight is 152 g/mol. The number of hydrogen-bond acceptors (Lipinski definition) is 1. The van der Waals surface area contributed by atoms with Crippen molar-refractivity contribution in [1.82, 2.24) is 0 Å². The molecule has 1 heteroatoms. The Morgan fingerprint density at radius 1 is 1.64 bits per heavy atom. The van der Waals surface area contributed by atoms with Gasteiger partial charge in [0.1, 0.15) is 0 Å². The third-order valence-electron chi connectivity index (χ3n) is 2.42. The first kappa shape index (κ1) is 8.62. The van der Waals surface area contributed by atoms with Crippen LogP contribution in [0.1, 0.15) is 39.0 Å². The van der Waals surface area contributed by atoms with Gasteiger partial charge in [-0.3, -0.25) is 0 Å². The van der Waals surface area contributed by atoms with E-state index in [4.69, 9.17) is 6.42 Å². The highest BCUT2D eigenvalue weighted by Crippen LogP contribution is 2.40. The van der Waals surface area contributed by atoms with Gasteiger partial charge >= 0.3 is 0 Å². The van der Waals surface area contributed by atoms with E-state index in [0.717, 1.165) is 32.1 Å². The molecule has 1 aliphatic rings. The molecule has 0 aliphatic heterocycles. The van der Waals surface area contributed by atoms with E-state index in [1.165, 1.54) is 0 Å². The molecule has 0 unspecified atom stereocenters. The van der Waals surface area contributed by atoms with E-state index in [9.17, 15) is 5.11 Å². The van der Waals surface area contributed by atoms with Crippen molar-refractivity contribution in [3.63, 3.8) is 0 Å². The second kappa shape index (κ2) is 3.28. The monoisotopic (exact) mass is 152 g/mol. The van der Waals surface area contributed by atoms with E-state index in [0.29, 0.717) is 5.92 Å². The smallest absolute Gasteiger partial charge is 0.0653 e. The fraction of sp³-hybridized carbons (Fsp3) is 0.800. The fourth-order valence-corrected chi connectivity index (χ4v) is 1.96. The molecule has 0 saturated heterocycles. The van der Waals surface area contributed by atoms with E-state index in [1.54, 1.807) is 0 Å². The Morgan fingerprint density at radius 2 is 2.27 bits per heavy atom. The van der Waals surface area contributed by atoms with E-state index in [1.807, 2.05) is 0 Å². The molecule has 0 bridgehead atoms. The molecule has 0 radical (unpaired) electrons. The molecule has 0 amide bonds. The van der Waals surface area contributed by atoms with Crippen molar-refractivity contribution < 1.29 is 5.11 Å². The lowest BCUT2D eigenvalue weighted by Crippen LogP contribution is -2.42. The summed E-state index contributed by atoms with van der Waals surface area (Å²) in [6.07, 6.45) is 9.72. The van der Waals surface area contributed by atoms with Gasteiger partial charge in [-0.05, 0) is 31.6 Å². The lowest BCUT2D eigenvalue weighted by atomic mass is 9.69. The van der Waals surface area contributed by atoms with Crippen LogP contribution in [0.4, 0.5) is 0 Å². The Bertz CT molecular complexity index is 160. The summed E-state index contributed by atoms with van der Waals surface area (Å²) < 4.78 is 0. The molecule has 0 aromatic heterocycles. The SMILES string of the molecule is C#CCCCC1(O)CC(C)C1. The molecule has 11 heavy (non-hydrogen) atoms. The summed E-state index contributed by atoms with van der Waals surface area (Å²) in [7, 11) is 0. The zero-order valence-corrected chi connectivity index (χ0v) is 7.14. The molecule has 1 rings (SSSR count). The van der Waals surface area contributed by atoms with Gasteiger partial charge in [0, 0.05) is 6.42 Å². The van der Waals surface area contributed by atoms with Crippen LogP contribution in [-0.4, -0.2) is 10.7 Å². The number of unbranched alkanes of at least 4 members (excludes halogenated alkanes) is 1. The van der Waals surface area contributed by atoms with Crippen molar-refractivity contribution in [1.29, 1.82) is 0 Å². The maximum absolute atomic E-state index is 9.74. The largest absolute Gasteiger partial charge is 0.390 e. The van der Waals surface area contributed by atoms with Gasteiger partial charge in [-0.15, -0.1) is 12.3 Å². The Labute approximate surface area is 68.8 Å².